The van der Waals surface area contributed by atoms with Crippen LogP contribution in [0.2, 0.25) is 0 Å². The number of nitrogens with one attached hydrogen (secondary N) is 1. The van der Waals surface area contributed by atoms with Crippen molar-refractivity contribution >= 4 is 0 Å². The molecule has 1 aliphatic carbocycles. The van der Waals surface area contributed by atoms with Gasteiger partial charge >= 0.3 is 0 Å². The first-order chi connectivity index (χ1) is 10.2. The highest BCUT2D eigenvalue weighted by Gasteiger charge is 2.30. The molecule has 1 unspecified atom stereocenters. The normalized spacial score (nSPS) is 23.6. The van der Waals surface area contributed by atoms with E-state index < -0.39 is 0 Å². The van der Waals surface area contributed by atoms with Crippen LogP contribution in [0.3, 0.4) is 0 Å². The summed E-state index contributed by atoms with van der Waals surface area (Å²) in [5, 5.41) is 0. The van der Waals surface area contributed by atoms with Crippen molar-refractivity contribution < 1.29 is 9.47 Å². The molecule has 2 rings (SSSR count). The van der Waals surface area contributed by atoms with E-state index in [9.17, 15) is 0 Å². The van der Waals surface area contributed by atoms with Crippen molar-refractivity contribution in [3.63, 3.8) is 0 Å². The van der Waals surface area contributed by atoms with Gasteiger partial charge in [0, 0.05) is 5.56 Å². The number of benzene rings is 1. The number of para-hydroxylation sites is 1. The van der Waals surface area contributed by atoms with E-state index in [1.54, 1.807) is 14.2 Å². The number of rotatable bonds is 6. The predicted octanol–water partition coefficient (Wildman–Crippen LogP) is 3.42. The zero-order valence-electron chi connectivity index (χ0n) is 13.4. The van der Waals surface area contributed by atoms with E-state index in [0.29, 0.717) is 5.92 Å². The highest BCUT2D eigenvalue weighted by atomic mass is 16.5. The van der Waals surface area contributed by atoms with Crippen LogP contribution in [-0.2, 0) is 0 Å². The van der Waals surface area contributed by atoms with Crippen LogP contribution >= 0.6 is 0 Å². The Kier molecular flexibility index (Phi) is 5.88. The second-order valence-electron chi connectivity index (χ2n) is 5.92. The van der Waals surface area contributed by atoms with E-state index in [0.717, 1.165) is 23.0 Å². The first kappa shape index (κ1) is 16.1. The Hall–Kier alpha value is -1.26. The monoisotopic (exact) mass is 292 g/mol. The average molecular weight is 292 g/mol. The molecule has 0 radical (unpaired) electrons. The Morgan fingerprint density at radius 1 is 1.19 bits per heavy atom. The van der Waals surface area contributed by atoms with Gasteiger partial charge in [0.2, 0.25) is 0 Å². The van der Waals surface area contributed by atoms with E-state index in [4.69, 9.17) is 15.3 Å². The van der Waals surface area contributed by atoms with Crippen LogP contribution in [0, 0.1) is 11.8 Å². The molecule has 1 atom stereocenters. The molecule has 0 saturated heterocycles. The van der Waals surface area contributed by atoms with Crippen molar-refractivity contribution in [2.24, 2.45) is 17.7 Å². The van der Waals surface area contributed by atoms with E-state index in [2.05, 4.69) is 18.4 Å². The van der Waals surface area contributed by atoms with Gasteiger partial charge in [0.05, 0.1) is 20.3 Å². The van der Waals surface area contributed by atoms with Crippen molar-refractivity contribution in [1.82, 2.24) is 5.43 Å². The molecule has 0 aromatic heterocycles. The summed E-state index contributed by atoms with van der Waals surface area (Å²) >= 11 is 0. The first-order valence-corrected chi connectivity index (χ1v) is 7.92. The minimum atomic E-state index is 0.118. The standard InChI is InChI=1S/C17H28N2O2/c1-4-12-8-10-13(11-9-12)16(19-18)14-6-5-7-15(20-2)17(14)21-3/h5-7,12-13,16,19H,4,8-11,18H2,1-3H3. The summed E-state index contributed by atoms with van der Waals surface area (Å²) < 4.78 is 11.0. The van der Waals surface area contributed by atoms with Crippen LogP contribution in [0.25, 0.3) is 0 Å². The lowest BCUT2D eigenvalue weighted by Gasteiger charge is -2.34. The zero-order valence-corrected chi connectivity index (χ0v) is 13.4. The summed E-state index contributed by atoms with van der Waals surface area (Å²) in [5.41, 5.74) is 4.11. The molecule has 0 aliphatic heterocycles. The third-order valence-electron chi connectivity index (χ3n) is 4.89. The van der Waals surface area contributed by atoms with Gasteiger partial charge in [0.1, 0.15) is 0 Å². The van der Waals surface area contributed by atoms with Gasteiger partial charge < -0.3 is 9.47 Å². The van der Waals surface area contributed by atoms with Crippen molar-refractivity contribution in [2.75, 3.05) is 14.2 Å². The number of hydrogen-bond acceptors (Lipinski definition) is 4. The van der Waals surface area contributed by atoms with Crippen molar-refractivity contribution in [3.05, 3.63) is 23.8 Å². The number of ether oxygens (including phenoxy) is 2. The van der Waals surface area contributed by atoms with Crippen LogP contribution in [0.15, 0.2) is 18.2 Å². The maximum Gasteiger partial charge on any atom is 0.165 e. The summed E-state index contributed by atoms with van der Waals surface area (Å²) in [5.74, 6) is 8.86. The van der Waals surface area contributed by atoms with Gasteiger partial charge in [0.15, 0.2) is 11.5 Å². The van der Waals surface area contributed by atoms with Crippen LogP contribution in [0.1, 0.15) is 50.6 Å². The summed E-state index contributed by atoms with van der Waals surface area (Å²) in [6, 6.07) is 6.12. The van der Waals surface area contributed by atoms with Gasteiger partial charge in [-0.2, -0.15) is 0 Å². The highest BCUT2D eigenvalue weighted by Crippen LogP contribution is 2.42. The largest absolute Gasteiger partial charge is 0.493 e. The second-order valence-corrected chi connectivity index (χ2v) is 5.92. The molecule has 1 fully saturated rings. The number of nitrogens with two attached hydrogens (primary N) is 1. The average Bonchev–Trinajstić information content (AvgIpc) is 2.55. The summed E-state index contributed by atoms with van der Waals surface area (Å²) in [6.45, 7) is 2.29. The third kappa shape index (κ3) is 3.50. The molecule has 4 nitrogen and oxygen atoms in total. The molecule has 21 heavy (non-hydrogen) atoms. The van der Waals surface area contributed by atoms with E-state index in [1.807, 2.05) is 12.1 Å². The maximum atomic E-state index is 5.87. The lowest BCUT2D eigenvalue weighted by Crippen LogP contribution is -2.35. The van der Waals surface area contributed by atoms with Crippen LogP contribution in [0.4, 0.5) is 0 Å². The fourth-order valence-electron chi connectivity index (χ4n) is 3.57. The molecule has 3 N–H and O–H groups in total. The van der Waals surface area contributed by atoms with Crippen molar-refractivity contribution in [3.8, 4) is 11.5 Å². The van der Waals surface area contributed by atoms with Crippen molar-refractivity contribution in [2.45, 2.75) is 45.1 Å². The smallest absolute Gasteiger partial charge is 0.165 e. The van der Waals surface area contributed by atoms with E-state index >= 15 is 0 Å². The van der Waals surface area contributed by atoms with E-state index in [-0.39, 0.29) is 6.04 Å². The topological polar surface area (TPSA) is 56.5 Å². The minimum Gasteiger partial charge on any atom is -0.493 e. The Bertz CT molecular complexity index is 442. The first-order valence-electron chi connectivity index (χ1n) is 7.92. The molecule has 0 bridgehead atoms. The van der Waals surface area contributed by atoms with Gasteiger partial charge in [-0.3, -0.25) is 11.3 Å². The molecule has 4 heteroatoms. The summed E-state index contributed by atoms with van der Waals surface area (Å²) in [4.78, 5) is 0. The Morgan fingerprint density at radius 3 is 2.43 bits per heavy atom. The van der Waals surface area contributed by atoms with Crippen LogP contribution in [-0.4, -0.2) is 14.2 Å². The molecular formula is C17H28N2O2. The molecule has 0 spiro atoms. The van der Waals surface area contributed by atoms with Crippen LogP contribution in [0.5, 0.6) is 11.5 Å². The van der Waals surface area contributed by atoms with E-state index in [1.165, 1.54) is 32.1 Å². The second kappa shape index (κ2) is 7.66. The molecule has 0 amide bonds. The van der Waals surface area contributed by atoms with Gasteiger partial charge in [-0.1, -0.05) is 38.3 Å². The summed E-state index contributed by atoms with van der Waals surface area (Å²) in [6.07, 6.45) is 6.31. The van der Waals surface area contributed by atoms with Crippen molar-refractivity contribution in [1.29, 1.82) is 0 Å². The molecular weight excluding hydrogens is 264 g/mol. The fraction of sp³-hybridized carbons (Fsp3) is 0.647. The Morgan fingerprint density at radius 2 is 1.90 bits per heavy atom. The minimum absolute atomic E-state index is 0.118. The van der Waals surface area contributed by atoms with Gasteiger partial charge in [-0.15, -0.1) is 0 Å². The molecule has 1 aromatic carbocycles. The number of hydrazine groups is 1. The number of hydrogen-bond donors (Lipinski definition) is 2. The lowest BCUT2D eigenvalue weighted by molar-refractivity contribution is 0.216. The molecule has 1 aromatic rings. The van der Waals surface area contributed by atoms with Gasteiger partial charge in [0.25, 0.3) is 0 Å². The third-order valence-corrected chi connectivity index (χ3v) is 4.89. The Balaban J connectivity index is 2.22. The molecule has 1 saturated carbocycles. The number of methoxy groups -OCH3 is 2. The maximum absolute atomic E-state index is 5.87. The molecule has 0 heterocycles. The van der Waals surface area contributed by atoms with Crippen LogP contribution < -0.4 is 20.7 Å². The van der Waals surface area contributed by atoms with Gasteiger partial charge in [-0.05, 0) is 30.7 Å². The highest BCUT2D eigenvalue weighted by molar-refractivity contribution is 5.48. The Labute approximate surface area is 128 Å². The fourth-order valence-corrected chi connectivity index (χ4v) is 3.57. The molecule has 118 valence electrons. The SMILES string of the molecule is CCC1CCC(C(NN)c2cccc(OC)c2OC)CC1. The zero-order chi connectivity index (χ0) is 15.2. The lowest BCUT2D eigenvalue weighted by atomic mass is 9.76. The quantitative estimate of drug-likeness (QED) is 0.623. The molecule has 1 aliphatic rings. The predicted molar refractivity (Wildman–Crippen MR) is 85.3 cm³/mol. The summed E-state index contributed by atoms with van der Waals surface area (Å²) in [7, 11) is 3.35. The van der Waals surface area contributed by atoms with Gasteiger partial charge in [-0.25, -0.2) is 0 Å².